The molecule has 3 aliphatic rings. The molecule has 3 heteroatoms. The van der Waals surface area contributed by atoms with E-state index in [-0.39, 0.29) is 17.3 Å². The second-order valence-corrected chi connectivity index (χ2v) is 7.04. The van der Waals surface area contributed by atoms with Crippen LogP contribution in [0.1, 0.15) is 44.9 Å². The lowest BCUT2D eigenvalue weighted by atomic mass is 9.61. The van der Waals surface area contributed by atoms with Crippen molar-refractivity contribution in [1.82, 2.24) is 0 Å². The van der Waals surface area contributed by atoms with Gasteiger partial charge in [0.05, 0.1) is 19.3 Å². The summed E-state index contributed by atoms with van der Waals surface area (Å²) in [6.45, 7) is 9.14. The first kappa shape index (κ1) is 15.3. The fourth-order valence-corrected chi connectivity index (χ4v) is 5.02. The third-order valence-corrected chi connectivity index (χ3v) is 6.07. The summed E-state index contributed by atoms with van der Waals surface area (Å²) >= 11 is 0. The maximum absolute atomic E-state index is 10.4. The summed E-state index contributed by atoms with van der Waals surface area (Å²) in [6.07, 6.45) is 10.7. The number of rotatable bonds is 5. The topological polar surface area (TPSA) is 38.7 Å². The lowest BCUT2D eigenvalue weighted by Gasteiger charge is -2.47. The molecular formula is C18H28O3. The van der Waals surface area contributed by atoms with Gasteiger partial charge < -0.3 is 14.6 Å². The van der Waals surface area contributed by atoms with E-state index in [1.54, 1.807) is 0 Å². The van der Waals surface area contributed by atoms with E-state index in [0.29, 0.717) is 31.5 Å². The minimum atomic E-state index is -0.379. The van der Waals surface area contributed by atoms with Crippen LogP contribution in [-0.4, -0.2) is 30.2 Å². The molecule has 0 aromatic heterocycles. The highest BCUT2D eigenvalue weighted by Gasteiger charge is 2.61. The van der Waals surface area contributed by atoms with Crippen molar-refractivity contribution in [3.63, 3.8) is 0 Å². The molecule has 4 atom stereocenters. The van der Waals surface area contributed by atoms with Crippen LogP contribution in [-0.2, 0) is 9.47 Å². The SMILES string of the molecule is C=CC[C@H](O)[C@@H]1CC[C@@]2(CC=C)CCC3(OCCO3)[C@H]2C1. The minimum Gasteiger partial charge on any atom is -0.393 e. The quantitative estimate of drug-likeness (QED) is 0.789. The molecule has 1 spiro atoms. The number of hydrogen-bond acceptors (Lipinski definition) is 3. The molecule has 0 bridgehead atoms. The highest BCUT2D eigenvalue weighted by Crippen LogP contribution is 2.62. The zero-order valence-electron chi connectivity index (χ0n) is 12.9. The predicted molar refractivity (Wildman–Crippen MR) is 82.8 cm³/mol. The van der Waals surface area contributed by atoms with E-state index in [4.69, 9.17) is 9.47 Å². The van der Waals surface area contributed by atoms with Crippen molar-refractivity contribution in [2.45, 2.75) is 56.8 Å². The number of aliphatic hydroxyl groups is 1. The molecular weight excluding hydrogens is 264 g/mol. The van der Waals surface area contributed by atoms with E-state index in [0.717, 1.165) is 38.5 Å². The largest absolute Gasteiger partial charge is 0.393 e. The van der Waals surface area contributed by atoms with Crippen LogP contribution in [0, 0.1) is 17.3 Å². The second-order valence-electron chi connectivity index (χ2n) is 7.04. The van der Waals surface area contributed by atoms with Crippen LogP contribution in [0.2, 0.25) is 0 Å². The summed E-state index contributed by atoms with van der Waals surface area (Å²) in [5.41, 5.74) is 0.274. The summed E-state index contributed by atoms with van der Waals surface area (Å²) in [7, 11) is 0. The van der Waals surface area contributed by atoms with E-state index in [1.165, 1.54) is 0 Å². The molecule has 3 rings (SSSR count). The van der Waals surface area contributed by atoms with E-state index in [2.05, 4.69) is 19.2 Å². The molecule has 1 heterocycles. The molecule has 0 unspecified atom stereocenters. The Hall–Kier alpha value is -0.640. The molecule has 0 amide bonds. The molecule has 0 aromatic rings. The fraction of sp³-hybridized carbons (Fsp3) is 0.778. The number of fused-ring (bicyclic) bond motifs is 2. The van der Waals surface area contributed by atoms with Crippen molar-refractivity contribution in [3.05, 3.63) is 25.3 Å². The third-order valence-electron chi connectivity index (χ3n) is 6.07. The monoisotopic (exact) mass is 292 g/mol. The van der Waals surface area contributed by atoms with Gasteiger partial charge in [-0.1, -0.05) is 12.2 Å². The number of ether oxygens (including phenoxy) is 2. The van der Waals surface area contributed by atoms with Crippen molar-refractivity contribution >= 4 is 0 Å². The molecule has 1 N–H and O–H groups in total. The number of hydrogen-bond donors (Lipinski definition) is 1. The van der Waals surface area contributed by atoms with Gasteiger partial charge in [-0.3, -0.25) is 0 Å². The molecule has 2 aliphatic carbocycles. The van der Waals surface area contributed by atoms with Gasteiger partial charge in [0.2, 0.25) is 0 Å². The molecule has 0 radical (unpaired) electrons. The van der Waals surface area contributed by atoms with Crippen LogP contribution >= 0.6 is 0 Å². The van der Waals surface area contributed by atoms with E-state index >= 15 is 0 Å². The van der Waals surface area contributed by atoms with Gasteiger partial charge >= 0.3 is 0 Å². The van der Waals surface area contributed by atoms with E-state index in [1.807, 2.05) is 6.08 Å². The highest BCUT2D eigenvalue weighted by molar-refractivity contribution is 5.08. The summed E-state index contributed by atoms with van der Waals surface area (Å²) in [5, 5.41) is 10.4. The number of aliphatic hydroxyl groups excluding tert-OH is 1. The first-order valence-corrected chi connectivity index (χ1v) is 8.33. The van der Waals surface area contributed by atoms with Gasteiger partial charge in [-0.05, 0) is 49.9 Å². The van der Waals surface area contributed by atoms with Gasteiger partial charge in [-0.25, -0.2) is 0 Å². The van der Waals surface area contributed by atoms with Crippen molar-refractivity contribution in [2.75, 3.05) is 13.2 Å². The minimum absolute atomic E-state index is 0.274. The van der Waals surface area contributed by atoms with Crippen LogP contribution in [0.4, 0.5) is 0 Å². The molecule has 1 aliphatic heterocycles. The van der Waals surface area contributed by atoms with Gasteiger partial charge in [0.1, 0.15) is 0 Å². The van der Waals surface area contributed by atoms with Crippen LogP contribution in [0.5, 0.6) is 0 Å². The Morgan fingerprint density at radius 1 is 1.14 bits per heavy atom. The van der Waals surface area contributed by atoms with Crippen molar-refractivity contribution in [2.24, 2.45) is 17.3 Å². The molecule has 1 saturated heterocycles. The standard InChI is InChI=1S/C18H28O3/c1-3-5-15(19)14-6-8-17(7-4-2)9-10-18(16(17)13-14)20-11-12-21-18/h3-4,14-16,19H,1-2,5-13H2/t14-,15+,16+,17+/m1/s1. The van der Waals surface area contributed by atoms with Crippen LogP contribution in [0.15, 0.2) is 25.3 Å². The van der Waals surface area contributed by atoms with Gasteiger partial charge in [0.25, 0.3) is 0 Å². The Balaban J connectivity index is 1.82. The van der Waals surface area contributed by atoms with Crippen molar-refractivity contribution in [3.8, 4) is 0 Å². The second kappa shape index (κ2) is 5.86. The maximum Gasteiger partial charge on any atom is 0.171 e. The molecule has 0 aromatic carbocycles. The van der Waals surface area contributed by atoms with Crippen LogP contribution < -0.4 is 0 Å². The molecule has 3 fully saturated rings. The normalized spacial score (nSPS) is 39.1. The lowest BCUT2D eigenvalue weighted by molar-refractivity contribution is -0.207. The summed E-state index contributed by atoms with van der Waals surface area (Å²) in [5.74, 6) is 0.354. The van der Waals surface area contributed by atoms with Gasteiger partial charge in [0, 0.05) is 12.3 Å². The zero-order chi connectivity index (χ0) is 14.9. The Bertz CT molecular complexity index is 399. The first-order valence-electron chi connectivity index (χ1n) is 8.33. The molecule has 21 heavy (non-hydrogen) atoms. The molecule has 118 valence electrons. The fourth-order valence-electron chi connectivity index (χ4n) is 5.02. The lowest BCUT2D eigenvalue weighted by Crippen LogP contribution is -2.46. The Labute approximate surface area is 128 Å². The van der Waals surface area contributed by atoms with Crippen LogP contribution in [0.3, 0.4) is 0 Å². The Morgan fingerprint density at radius 2 is 1.90 bits per heavy atom. The van der Waals surface area contributed by atoms with E-state index in [9.17, 15) is 5.11 Å². The summed E-state index contributed by atoms with van der Waals surface area (Å²) in [4.78, 5) is 0. The Morgan fingerprint density at radius 3 is 2.57 bits per heavy atom. The van der Waals surface area contributed by atoms with Crippen LogP contribution in [0.25, 0.3) is 0 Å². The first-order chi connectivity index (χ1) is 10.2. The summed E-state index contributed by atoms with van der Waals surface area (Å²) < 4.78 is 12.1. The van der Waals surface area contributed by atoms with Crippen molar-refractivity contribution in [1.29, 1.82) is 0 Å². The number of allylic oxidation sites excluding steroid dienone is 1. The zero-order valence-corrected chi connectivity index (χ0v) is 12.9. The molecule has 2 saturated carbocycles. The van der Waals surface area contributed by atoms with Crippen molar-refractivity contribution < 1.29 is 14.6 Å². The van der Waals surface area contributed by atoms with E-state index < -0.39 is 0 Å². The smallest absolute Gasteiger partial charge is 0.171 e. The van der Waals surface area contributed by atoms with Gasteiger partial charge in [-0.15, -0.1) is 13.2 Å². The van der Waals surface area contributed by atoms with Gasteiger partial charge in [0.15, 0.2) is 5.79 Å². The summed E-state index contributed by atoms with van der Waals surface area (Å²) in [6, 6.07) is 0. The molecule has 3 nitrogen and oxygen atoms in total. The average molecular weight is 292 g/mol. The third kappa shape index (κ3) is 2.49. The Kier molecular flexibility index (Phi) is 4.26. The predicted octanol–water partition coefficient (Wildman–Crippen LogP) is 3.44. The highest BCUT2D eigenvalue weighted by atomic mass is 16.7. The maximum atomic E-state index is 10.4. The average Bonchev–Trinajstić information content (AvgIpc) is 3.07. The van der Waals surface area contributed by atoms with Gasteiger partial charge in [-0.2, -0.15) is 0 Å².